The Morgan fingerprint density at radius 3 is 2.59 bits per heavy atom. The predicted octanol–water partition coefficient (Wildman–Crippen LogP) is 3.88. The summed E-state index contributed by atoms with van der Waals surface area (Å²) in [6.07, 6.45) is -1.43. The molecule has 0 radical (unpaired) electrons. The highest BCUT2D eigenvalue weighted by molar-refractivity contribution is 5.99. The van der Waals surface area contributed by atoms with Crippen molar-refractivity contribution in [1.29, 1.82) is 0 Å². The SMILES string of the molecule is COc1ccc(N(C)c2cc(=O)oc3ccccc23)cc1NC(=O)[C@@H]1C[C@@H](O)CN1C(=O)OC(C)(C)C. The van der Waals surface area contributed by atoms with Gasteiger partial charge in [-0.2, -0.15) is 0 Å². The minimum Gasteiger partial charge on any atom is -0.495 e. The first-order valence-electron chi connectivity index (χ1n) is 11.9. The highest BCUT2D eigenvalue weighted by Gasteiger charge is 2.41. The summed E-state index contributed by atoms with van der Waals surface area (Å²) in [6, 6.07) is 12.9. The fourth-order valence-electron chi connectivity index (χ4n) is 4.31. The Bertz CT molecular complexity index is 1380. The van der Waals surface area contributed by atoms with Crippen molar-refractivity contribution >= 4 is 40.0 Å². The molecule has 4 rings (SSSR count). The highest BCUT2D eigenvalue weighted by Crippen LogP contribution is 2.35. The summed E-state index contributed by atoms with van der Waals surface area (Å²) in [7, 11) is 3.28. The van der Waals surface area contributed by atoms with E-state index in [-0.39, 0.29) is 13.0 Å². The van der Waals surface area contributed by atoms with Crippen LogP contribution in [0.15, 0.2) is 57.7 Å². The number of aliphatic hydroxyl groups excluding tert-OH is 1. The van der Waals surface area contributed by atoms with Gasteiger partial charge < -0.3 is 29.2 Å². The Morgan fingerprint density at radius 1 is 1.16 bits per heavy atom. The second kappa shape index (κ2) is 10.1. The fraction of sp³-hybridized carbons (Fsp3) is 0.370. The molecule has 2 amide bonds. The van der Waals surface area contributed by atoms with Crippen LogP contribution in [0.1, 0.15) is 27.2 Å². The summed E-state index contributed by atoms with van der Waals surface area (Å²) < 4.78 is 16.2. The number of hydrogen-bond donors (Lipinski definition) is 2. The van der Waals surface area contributed by atoms with E-state index in [1.165, 1.54) is 18.1 Å². The second-order valence-electron chi connectivity index (χ2n) is 9.92. The monoisotopic (exact) mass is 509 g/mol. The summed E-state index contributed by atoms with van der Waals surface area (Å²) in [5.41, 5.74) is 0.902. The lowest BCUT2D eigenvalue weighted by atomic mass is 10.1. The number of para-hydroxylation sites is 1. The number of benzene rings is 2. The molecule has 0 bridgehead atoms. The molecule has 37 heavy (non-hydrogen) atoms. The molecular formula is C27H31N3O7. The third kappa shape index (κ3) is 5.69. The Kier molecular flexibility index (Phi) is 7.13. The van der Waals surface area contributed by atoms with E-state index in [1.54, 1.807) is 63.1 Å². The first-order chi connectivity index (χ1) is 17.5. The number of anilines is 3. The van der Waals surface area contributed by atoms with Gasteiger partial charge in [-0.3, -0.25) is 9.69 Å². The molecule has 2 atom stereocenters. The molecule has 10 heteroatoms. The smallest absolute Gasteiger partial charge is 0.411 e. The Labute approximate surface area is 214 Å². The van der Waals surface area contributed by atoms with Gasteiger partial charge in [-0.25, -0.2) is 9.59 Å². The molecule has 1 aliphatic rings. The standard InChI is InChI=1S/C27H31N3O7/c1-27(2,3)37-26(34)30-15-17(31)13-21(30)25(33)28-19-12-16(10-11-23(19)35-5)29(4)20-14-24(32)36-22-9-7-6-8-18(20)22/h6-12,14,17,21,31H,13,15H2,1-5H3,(H,28,33)/t17-,21+/m1/s1. The van der Waals surface area contributed by atoms with E-state index in [1.807, 2.05) is 12.1 Å². The van der Waals surface area contributed by atoms with Gasteiger partial charge in [0.1, 0.15) is 23.0 Å². The molecule has 196 valence electrons. The number of carbonyl (C=O) groups is 2. The lowest BCUT2D eigenvalue weighted by Crippen LogP contribution is -2.45. The van der Waals surface area contributed by atoms with E-state index in [2.05, 4.69) is 5.32 Å². The van der Waals surface area contributed by atoms with E-state index in [9.17, 15) is 19.5 Å². The number of hydrogen-bond acceptors (Lipinski definition) is 8. The number of carbonyl (C=O) groups excluding carboxylic acids is 2. The number of β-amino-alcohol motifs (C(OH)–C–C–N with tert-alkyl or cyclic N) is 1. The lowest BCUT2D eigenvalue weighted by molar-refractivity contribution is -0.120. The van der Waals surface area contributed by atoms with Crippen LogP contribution in [-0.4, -0.2) is 60.5 Å². The molecule has 2 aromatic carbocycles. The van der Waals surface area contributed by atoms with Crippen molar-refractivity contribution in [2.45, 2.75) is 44.9 Å². The first-order valence-corrected chi connectivity index (χ1v) is 11.9. The normalized spacial score (nSPS) is 17.5. The van der Waals surface area contributed by atoms with Crippen LogP contribution in [0.5, 0.6) is 5.75 Å². The van der Waals surface area contributed by atoms with Gasteiger partial charge in [0.15, 0.2) is 0 Å². The number of likely N-dealkylation sites (tertiary alicyclic amines) is 1. The summed E-state index contributed by atoms with van der Waals surface area (Å²) >= 11 is 0. The predicted molar refractivity (Wildman–Crippen MR) is 140 cm³/mol. The van der Waals surface area contributed by atoms with E-state index in [4.69, 9.17) is 13.9 Å². The fourth-order valence-corrected chi connectivity index (χ4v) is 4.31. The number of fused-ring (bicyclic) bond motifs is 1. The Hall–Kier alpha value is -4.05. The topological polar surface area (TPSA) is 122 Å². The molecule has 10 nitrogen and oxygen atoms in total. The second-order valence-corrected chi connectivity index (χ2v) is 9.92. The molecule has 0 aliphatic carbocycles. The maximum Gasteiger partial charge on any atom is 0.411 e. The molecule has 1 aromatic heterocycles. The van der Waals surface area contributed by atoms with Crippen molar-refractivity contribution in [3.8, 4) is 5.75 Å². The van der Waals surface area contributed by atoms with Gasteiger partial charge in [0, 0.05) is 30.6 Å². The summed E-state index contributed by atoms with van der Waals surface area (Å²) in [5.74, 6) is -0.0726. The molecule has 2 heterocycles. The number of nitrogens with one attached hydrogen (secondary N) is 1. The molecule has 1 fully saturated rings. The average Bonchev–Trinajstić information content (AvgIpc) is 3.24. The Balaban J connectivity index is 1.63. The van der Waals surface area contributed by atoms with Crippen LogP contribution in [0.2, 0.25) is 0 Å². The summed E-state index contributed by atoms with van der Waals surface area (Å²) in [5, 5.41) is 13.8. The van der Waals surface area contributed by atoms with Crippen molar-refractivity contribution in [3.63, 3.8) is 0 Å². The van der Waals surface area contributed by atoms with Gasteiger partial charge in [0.2, 0.25) is 5.91 Å². The van der Waals surface area contributed by atoms with Crippen molar-refractivity contribution in [1.82, 2.24) is 4.90 Å². The zero-order chi connectivity index (χ0) is 26.9. The Morgan fingerprint density at radius 2 is 1.89 bits per heavy atom. The van der Waals surface area contributed by atoms with Gasteiger partial charge in [-0.1, -0.05) is 12.1 Å². The number of ether oxygens (including phenoxy) is 2. The van der Waals surface area contributed by atoms with Gasteiger partial charge in [-0.15, -0.1) is 0 Å². The van der Waals surface area contributed by atoms with Crippen LogP contribution in [0.25, 0.3) is 11.0 Å². The number of rotatable bonds is 5. The molecule has 1 saturated heterocycles. The number of methoxy groups -OCH3 is 1. The van der Waals surface area contributed by atoms with E-state index >= 15 is 0 Å². The molecule has 1 aliphatic heterocycles. The van der Waals surface area contributed by atoms with Crippen LogP contribution in [0, 0.1) is 0 Å². The largest absolute Gasteiger partial charge is 0.495 e. The zero-order valence-electron chi connectivity index (χ0n) is 21.5. The number of nitrogens with zero attached hydrogens (tertiary/aromatic N) is 2. The molecular weight excluding hydrogens is 478 g/mol. The molecule has 3 aromatic rings. The summed E-state index contributed by atoms with van der Waals surface area (Å²) in [6.45, 7) is 5.20. The maximum atomic E-state index is 13.3. The molecule has 0 spiro atoms. The van der Waals surface area contributed by atoms with Crippen LogP contribution < -0.4 is 20.6 Å². The number of amides is 2. The molecule has 0 unspecified atom stereocenters. The lowest BCUT2D eigenvalue weighted by Gasteiger charge is -2.28. The van der Waals surface area contributed by atoms with Gasteiger partial charge in [-0.05, 0) is 51.1 Å². The van der Waals surface area contributed by atoms with Gasteiger partial charge in [0.05, 0.1) is 31.1 Å². The van der Waals surface area contributed by atoms with Crippen LogP contribution in [0.3, 0.4) is 0 Å². The highest BCUT2D eigenvalue weighted by atomic mass is 16.6. The van der Waals surface area contributed by atoms with Crippen LogP contribution in [0.4, 0.5) is 21.9 Å². The summed E-state index contributed by atoms with van der Waals surface area (Å²) in [4.78, 5) is 41.2. The quantitative estimate of drug-likeness (QED) is 0.497. The van der Waals surface area contributed by atoms with Gasteiger partial charge in [0.25, 0.3) is 0 Å². The van der Waals surface area contributed by atoms with Crippen molar-refractivity contribution in [3.05, 3.63) is 59.0 Å². The third-order valence-electron chi connectivity index (χ3n) is 6.03. The van der Waals surface area contributed by atoms with E-state index in [0.29, 0.717) is 28.4 Å². The van der Waals surface area contributed by atoms with Gasteiger partial charge >= 0.3 is 11.7 Å². The van der Waals surface area contributed by atoms with E-state index < -0.39 is 35.4 Å². The minimum atomic E-state index is -0.918. The van der Waals surface area contributed by atoms with Crippen LogP contribution >= 0.6 is 0 Å². The molecule has 0 saturated carbocycles. The van der Waals surface area contributed by atoms with Crippen LogP contribution in [-0.2, 0) is 9.53 Å². The van der Waals surface area contributed by atoms with Crippen molar-refractivity contribution < 1.29 is 28.6 Å². The maximum absolute atomic E-state index is 13.3. The number of aliphatic hydroxyl groups is 1. The zero-order valence-corrected chi connectivity index (χ0v) is 21.5. The van der Waals surface area contributed by atoms with Crippen molar-refractivity contribution in [2.24, 2.45) is 0 Å². The minimum absolute atomic E-state index is 0.00340. The first kappa shape index (κ1) is 26.0. The van der Waals surface area contributed by atoms with E-state index in [0.717, 1.165) is 5.39 Å². The van der Waals surface area contributed by atoms with Crippen molar-refractivity contribution in [2.75, 3.05) is 30.9 Å². The molecule has 2 N–H and O–H groups in total. The third-order valence-corrected chi connectivity index (χ3v) is 6.03. The average molecular weight is 510 g/mol.